The van der Waals surface area contributed by atoms with Crippen molar-refractivity contribution in [2.45, 2.75) is 38.3 Å². The normalized spacial score (nSPS) is 14.3. The van der Waals surface area contributed by atoms with E-state index in [0.29, 0.717) is 24.1 Å². The third-order valence-electron chi connectivity index (χ3n) is 4.28. The van der Waals surface area contributed by atoms with Crippen molar-refractivity contribution in [2.24, 2.45) is 0 Å². The first-order valence-electron chi connectivity index (χ1n) is 8.65. The van der Waals surface area contributed by atoms with E-state index in [1.807, 2.05) is 18.2 Å². The molecule has 6 nitrogen and oxygen atoms in total. The minimum Gasteiger partial charge on any atom is -0.474 e. The van der Waals surface area contributed by atoms with Gasteiger partial charge in [0.1, 0.15) is 11.9 Å². The maximum absolute atomic E-state index is 11.9. The highest BCUT2D eigenvalue weighted by atomic mass is 16.5. The summed E-state index contributed by atoms with van der Waals surface area (Å²) in [5.74, 6) is 1.36. The van der Waals surface area contributed by atoms with Crippen molar-refractivity contribution in [3.8, 4) is 5.88 Å². The van der Waals surface area contributed by atoms with Crippen LogP contribution in [0.3, 0.4) is 0 Å². The Labute approximate surface area is 148 Å². The first-order valence-corrected chi connectivity index (χ1v) is 8.65. The highest BCUT2D eigenvalue weighted by Crippen LogP contribution is 2.23. The van der Waals surface area contributed by atoms with Gasteiger partial charge in [-0.3, -0.25) is 4.79 Å². The molecular weight excluding hydrogens is 316 g/mol. The number of nitrogens with one attached hydrogen (secondary N) is 1. The Balaban J connectivity index is 1.57. The van der Waals surface area contributed by atoms with Gasteiger partial charge in [-0.1, -0.05) is 0 Å². The van der Waals surface area contributed by atoms with Crippen molar-refractivity contribution < 1.29 is 9.53 Å². The first kappa shape index (κ1) is 17.2. The second-order valence-corrected chi connectivity index (χ2v) is 6.51. The van der Waals surface area contributed by atoms with Crippen molar-refractivity contribution in [3.63, 3.8) is 0 Å². The molecule has 6 heteroatoms. The molecule has 0 unspecified atom stereocenters. The monoisotopic (exact) mass is 340 g/mol. The molecule has 0 saturated heterocycles. The molecule has 0 aliphatic heterocycles. The largest absolute Gasteiger partial charge is 0.474 e. The SMILES string of the molecule is CN(C)C(=O)c1ccc(NCc2ccnc(OC3CCCC3)c2)nc1. The van der Waals surface area contributed by atoms with E-state index in [-0.39, 0.29) is 5.91 Å². The first-order chi connectivity index (χ1) is 12.1. The van der Waals surface area contributed by atoms with Gasteiger partial charge in [0.25, 0.3) is 5.91 Å². The lowest BCUT2D eigenvalue weighted by Crippen LogP contribution is -2.21. The number of pyridine rings is 2. The predicted octanol–water partition coefficient (Wildman–Crippen LogP) is 3.11. The van der Waals surface area contributed by atoms with Gasteiger partial charge in [0.15, 0.2) is 0 Å². The molecule has 132 valence electrons. The molecule has 1 aliphatic rings. The lowest BCUT2D eigenvalue weighted by atomic mass is 10.2. The zero-order valence-corrected chi connectivity index (χ0v) is 14.7. The Kier molecular flexibility index (Phi) is 5.48. The van der Waals surface area contributed by atoms with Crippen molar-refractivity contribution in [1.82, 2.24) is 14.9 Å². The molecule has 1 N–H and O–H groups in total. The molecule has 1 fully saturated rings. The molecule has 2 heterocycles. The summed E-state index contributed by atoms with van der Waals surface area (Å²) in [4.78, 5) is 22.0. The second kappa shape index (κ2) is 7.96. The predicted molar refractivity (Wildman–Crippen MR) is 96.7 cm³/mol. The average molecular weight is 340 g/mol. The maximum atomic E-state index is 11.9. The molecule has 0 atom stereocenters. The van der Waals surface area contributed by atoms with Crippen molar-refractivity contribution in [2.75, 3.05) is 19.4 Å². The van der Waals surface area contributed by atoms with Crippen molar-refractivity contribution in [3.05, 3.63) is 47.8 Å². The van der Waals surface area contributed by atoms with Crippen LogP contribution in [0.25, 0.3) is 0 Å². The van der Waals surface area contributed by atoms with Gasteiger partial charge in [0.05, 0.1) is 5.56 Å². The quantitative estimate of drug-likeness (QED) is 0.875. The minimum absolute atomic E-state index is 0.0538. The fourth-order valence-electron chi connectivity index (χ4n) is 2.88. The van der Waals surface area contributed by atoms with Crippen LogP contribution in [-0.4, -0.2) is 41.0 Å². The molecule has 25 heavy (non-hydrogen) atoms. The lowest BCUT2D eigenvalue weighted by molar-refractivity contribution is 0.0827. The summed E-state index contributed by atoms with van der Waals surface area (Å²) in [6, 6.07) is 7.51. The molecule has 1 amide bonds. The van der Waals surface area contributed by atoms with Crippen molar-refractivity contribution >= 4 is 11.7 Å². The number of aromatic nitrogens is 2. The van der Waals surface area contributed by atoms with Crippen LogP contribution >= 0.6 is 0 Å². The molecule has 2 aromatic rings. The summed E-state index contributed by atoms with van der Waals surface area (Å²) < 4.78 is 5.94. The Morgan fingerprint density at radius 1 is 1.24 bits per heavy atom. The van der Waals surface area contributed by atoms with Crippen LogP contribution in [-0.2, 0) is 6.54 Å². The molecule has 0 radical (unpaired) electrons. The van der Waals surface area contributed by atoms with E-state index in [2.05, 4.69) is 15.3 Å². The number of hydrogen-bond acceptors (Lipinski definition) is 5. The van der Waals surface area contributed by atoms with Gasteiger partial charge in [0.2, 0.25) is 5.88 Å². The van der Waals surface area contributed by atoms with E-state index < -0.39 is 0 Å². The summed E-state index contributed by atoms with van der Waals surface area (Å²) in [6.07, 6.45) is 8.38. The highest BCUT2D eigenvalue weighted by Gasteiger charge is 2.17. The smallest absolute Gasteiger partial charge is 0.254 e. The van der Waals surface area contributed by atoms with Crippen LogP contribution in [0.5, 0.6) is 5.88 Å². The number of carbonyl (C=O) groups is 1. The summed E-state index contributed by atoms with van der Waals surface area (Å²) >= 11 is 0. The molecule has 0 aromatic carbocycles. The Hall–Kier alpha value is -2.63. The van der Waals surface area contributed by atoms with E-state index in [4.69, 9.17) is 4.74 Å². The zero-order chi connectivity index (χ0) is 17.6. The van der Waals surface area contributed by atoms with Gasteiger partial charge in [0, 0.05) is 39.1 Å². The molecular formula is C19H24N4O2. The number of rotatable bonds is 6. The molecule has 0 bridgehead atoms. The Morgan fingerprint density at radius 3 is 2.72 bits per heavy atom. The summed E-state index contributed by atoms with van der Waals surface area (Å²) in [5.41, 5.74) is 1.66. The summed E-state index contributed by atoms with van der Waals surface area (Å²) in [5, 5.41) is 3.26. The molecule has 1 saturated carbocycles. The van der Waals surface area contributed by atoms with Crippen LogP contribution in [0.15, 0.2) is 36.7 Å². The van der Waals surface area contributed by atoms with Crippen LogP contribution in [0.1, 0.15) is 41.6 Å². The number of hydrogen-bond donors (Lipinski definition) is 1. The van der Waals surface area contributed by atoms with Gasteiger partial charge in [-0.05, 0) is 49.4 Å². The van der Waals surface area contributed by atoms with Crippen LogP contribution in [0, 0.1) is 0 Å². The van der Waals surface area contributed by atoms with Gasteiger partial charge < -0.3 is 15.0 Å². The fourth-order valence-corrected chi connectivity index (χ4v) is 2.88. The molecule has 3 rings (SSSR count). The molecule has 0 spiro atoms. The second-order valence-electron chi connectivity index (χ2n) is 6.51. The molecule has 1 aliphatic carbocycles. The Bertz CT molecular complexity index is 710. The standard InChI is InChI=1S/C19H24N4O2/c1-23(2)19(24)15-7-8-17(22-13-15)21-12-14-9-10-20-18(11-14)25-16-5-3-4-6-16/h7-11,13,16H,3-6,12H2,1-2H3,(H,21,22). The van der Waals surface area contributed by atoms with E-state index >= 15 is 0 Å². The van der Waals surface area contributed by atoms with E-state index in [1.165, 1.54) is 17.7 Å². The lowest BCUT2D eigenvalue weighted by Gasteiger charge is -2.13. The van der Waals surface area contributed by atoms with E-state index in [9.17, 15) is 4.79 Å². The number of anilines is 1. The minimum atomic E-state index is -0.0538. The van der Waals surface area contributed by atoms with Crippen molar-refractivity contribution in [1.29, 1.82) is 0 Å². The van der Waals surface area contributed by atoms with Gasteiger partial charge in [-0.25, -0.2) is 9.97 Å². The highest BCUT2D eigenvalue weighted by molar-refractivity contribution is 5.93. The van der Waals surface area contributed by atoms with Gasteiger partial charge in [-0.2, -0.15) is 0 Å². The van der Waals surface area contributed by atoms with Crippen LogP contribution in [0.4, 0.5) is 5.82 Å². The third kappa shape index (κ3) is 4.68. The third-order valence-corrected chi connectivity index (χ3v) is 4.28. The van der Waals surface area contributed by atoms with Crippen LogP contribution in [0.2, 0.25) is 0 Å². The summed E-state index contributed by atoms with van der Waals surface area (Å²) in [7, 11) is 3.45. The van der Waals surface area contributed by atoms with Gasteiger partial charge in [-0.15, -0.1) is 0 Å². The van der Waals surface area contributed by atoms with Gasteiger partial charge >= 0.3 is 0 Å². The van der Waals surface area contributed by atoms with E-state index in [0.717, 1.165) is 24.2 Å². The number of carbonyl (C=O) groups excluding carboxylic acids is 1. The number of amides is 1. The van der Waals surface area contributed by atoms with Crippen LogP contribution < -0.4 is 10.1 Å². The number of nitrogens with zero attached hydrogens (tertiary/aromatic N) is 3. The topological polar surface area (TPSA) is 67.4 Å². The zero-order valence-electron chi connectivity index (χ0n) is 14.7. The fraction of sp³-hybridized carbons (Fsp3) is 0.421. The maximum Gasteiger partial charge on any atom is 0.254 e. The molecule has 2 aromatic heterocycles. The number of ether oxygens (including phenoxy) is 1. The Morgan fingerprint density at radius 2 is 2.04 bits per heavy atom. The van der Waals surface area contributed by atoms with E-state index in [1.54, 1.807) is 32.6 Å². The average Bonchev–Trinajstić information content (AvgIpc) is 3.13. The summed E-state index contributed by atoms with van der Waals surface area (Å²) in [6.45, 7) is 0.623.